The van der Waals surface area contributed by atoms with E-state index in [1.807, 2.05) is 92.4 Å². The van der Waals surface area contributed by atoms with E-state index in [-0.39, 0.29) is 0 Å². The Bertz CT molecular complexity index is 991. The van der Waals surface area contributed by atoms with Crippen LogP contribution in [0.25, 0.3) is 29.3 Å². The Balaban J connectivity index is 1.83. The fourth-order valence-electron chi connectivity index (χ4n) is 2.87. The third-order valence-electron chi connectivity index (χ3n) is 4.19. The van der Waals surface area contributed by atoms with Crippen LogP contribution >= 0.6 is 92.4 Å². The molecule has 0 aromatic carbocycles. The van der Waals surface area contributed by atoms with E-state index in [4.69, 9.17) is 0 Å². The molecule has 4 aromatic rings. The quantitative estimate of drug-likeness (QED) is 0.225. The van der Waals surface area contributed by atoms with Gasteiger partial charge in [0.15, 0.2) is 0 Å². The molecule has 0 atom stereocenters. The van der Waals surface area contributed by atoms with Crippen molar-refractivity contribution in [2.45, 2.75) is 19.6 Å². The number of thiophene rings is 4. The highest BCUT2D eigenvalue weighted by Crippen LogP contribution is 2.52. The molecule has 0 aliphatic heterocycles. The zero-order valence-electron chi connectivity index (χ0n) is 15.7. The maximum atomic E-state index is 2.39. The van der Waals surface area contributed by atoms with E-state index in [0.29, 0.717) is 0 Å². The van der Waals surface area contributed by atoms with Gasteiger partial charge in [0.25, 0.3) is 0 Å². The highest BCUT2D eigenvalue weighted by Gasteiger charge is 2.21. The molecule has 0 amide bonds. The molecule has 0 aliphatic carbocycles. The van der Waals surface area contributed by atoms with E-state index in [1.54, 1.807) is 0 Å². The minimum absolute atomic E-state index is 1.38. The molecule has 28 heavy (non-hydrogen) atoms. The molecule has 146 valence electrons. The molecule has 0 saturated heterocycles. The molecule has 0 spiro atoms. The van der Waals surface area contributed by atoms with Crippen LogP contribution in [0.4, 0.5) is 0 Å². The lowest BCUT2D eigenvalue weighted by atomic mass is 10.3. The first kappa shape index (κ1) is 21.4. The van der Waals surface area contributed by atoms with Gasteiger partial charge in [-0.05, 0) is 60.0 Å². The van der Waals surface area contributed by atoms with Gasteiger partial charge >= 0.3 is 0 Å². The molecule has 0 unspecified atom stereocenters. The average molecular weight is 515 g/mol. The van der Waals surface area contributed by atoms with Crippen LogP contribution in [0, 0.1) is 0 Å². The first-order valence-electron chi connectivity index (χ1n) is 8.29. The van der Waals surface area contributed by atoms with Crippen molar-refractivity contribution in [3.63, 3.8) is 0 Å². The Kier molecular flexibility index (Phi) is 7.32. The van der Waals surface area contributed by atoms with Crippen LogP contribution in [-0.4, -0.2) is 25.0 Å². The minimum atomic E-state index is 1.38. The molecule has 0 saturated carbocycles. The Morgan fingerprint density at radius 3 is 1.29 bits per heavy atom. The van der Waals surface area contributed by atoms with Gasteiger partial charge in [-0.2, -0.15) is 0 Å². The largest absolute Gasteiger partial charge is 0.142 e. The molecule has 4 rings (SSSR count). The summed E-state index contributed by atoms with van der Waals surface area (Å²) in [6, 6.07) is 9.25. The maximum Gasteiger partial charge on any atom is 0.0596 e. The molecule has 4 heterocycles. The van der Waals surface area contributed by atoms with Gasteiger partial charge in [-0.3, -0.25) is 0 Å². The standard InChI is InChI=1S/C20H18S8/c1-21-11-5-7-25-17(11)15-9-13(23-3)19(27-15)20-14(24-4)10-16(28-20)18-12(22-2)6-8-26-18/h5-10H,1-4H3. The summed E-state index contributed by atoms with van der Waals surface area (Å²) in [4.78, 5) is 14.0. The van der Waals surface area contributed by atoms with E-state index < -0.39 is 0 Å². The lowest BCUT2D eigenvalue weighted by Gasteiger charge is -2.00. The zero-order valence-corrected chi connectivity index (χ0v) is 22.3. The number of hydrogen-bond donors (Lipinski definition) is 0. The third-order valence-corrected chi connectivity index (χ3v) is 12.4. The zero-order chi connectivity index (χ0) is 19.7. The molecule has 8 heteroatoms. The lowest BCUT2D eigenvalue weighted by Crippen LogP contribution is -1.71. The van der Waals surface area contributed by atoms with Crippen molar-refractivity contribution in [3.8, 4) is 29.3 Å². The summed E-state index contributed by atoms with van der Waals surface area (Å²) in [6.07, 6.45) is 8.71. The van der Waals surface area contributed by atoms with Crippen LogP contribution in [0.15, 0.2) is 54.6 Å². The van der Waals surface area contributed by atoms with E-state index in [1.165, 1.54) is 48.8 Å². The molecule has 0 nitrogen and oxygen atoms in total. The fourth-order valence-corrected chi connectivity index (χ4v) is 11.1. The third kappa shape index (κ3) is 4.04. The van der Waals surface area contributed by atoms with Crippen molar-refractivity contribution in [1.82, 2.24) is 0 Å². The fraction of sp³-hybridized carbons (Fsp3) is 0.200. The van der Waals surface area contributed by atoms with Crippen molar-refractivity contribution < 1.29 is 0 Å². The summed E-state index contributed by atoms with van der Waals surface area (Å²) < 4.78 is 0. The van der Waals surface area contributed by atoms with Gasteiger partial charge < -0.3 is 0 Å². The second kappa shape index (κ2) is 9.56. The average Bonchev–Trinajstić information content (AvgIpc) is 3.50. The van der Waals surface area contributed by atoms with Gasteiger partial charge in [-0.15, -0.1) is 92.4 Å². The molecular formula is C20H18S8. The summed E-state index contributed by atoms with van der Waals surface area (Å²) >= 11 is 15.0. The summed E-state index contributed by atoms with van der Waals surface area (Å²) in [6.45, 7) is 0. The van der Waals surface area contributed by atoms with Crippen LogP contribution < -0.4 is 0 Å². The van der Waals surface area contributed by atoms with Crippen molar-refractivity contribution in [2.24, 2.45) is 0 Å². The van der Waals surface area contributed by atoms with Crippen molar-refractivity contribution in [1.29, 1.82) is 0 Å². The molecular weight excluding hydrogens is 497 g/mol. The van der Waals surface area contributed by atoms with Gasteiger partial charge in [-0.25, -0.2) is 0 Å². The van der Waals surface area contributed by atoms with Crippen molar-refractivity contribution >= 4 is 92.4 Å². The first-order chi connectivity index (χ1) is 13.7. The van der Waals surface area contributed by atoms with Crippen LogP contribution in [0.3, 0.4) is 0 Å². The Morgan fingerprint density at radius 2 is 0.929 bits per heavy atom. The highest BCUT2D eigenvalue weighted by atomic mass is 32.2. The van der Waals surface area contributed by atoms with Gasteiger partial charge in [0.1, 0.15) is 0 Å². The number of thioether (sulfide) groups is 4. The van der Waals surface area contributed by atoms with Crippen LogP contribution in [0.5, 0.6) is 0 Å². The van der Waals surface area contributed by atoms with Gasteiger partial charge in [0.2, 0.25) is 0 Å². The summed E-state index contributed by atoms with van der Waals surface area (Å²) in [5.41, 5.74) is 0. The lowest BCUT2D eigenvalue weighted by molar-refractivity contribution is 1.51. The topological polar surface area (TPSA) is 0 Å². The predicted molar refractivity (Wildman–Crippen MR) is 141 cm³/mol. The molecule has 4 aromatic heterocycles. The molecule has 0 N–H and O–H groups in total. The number of hydrogen-bond acceptors (Lipinski definition) is 8. The first-order valence-corrected chi connectivity index (χ1v) is 16.6. The van der Waals surface area contributed by atoms with E-state index >= 15 is 0 Å². The van der Waals surface area contributed by atoms with Crippen LogP contribution in [-0.2, 0) is 0 Å². The summed E-state index contributed by atoms with van der Waals surface area (Å²) in [5, 5.41) is 4.41. The highest BCUT2D eigenvalue weighted by molar-refractivity contribution is 7.99. The van der Waals surface area contributed by atoms with Crippen molar-refractivity contribution in [2.75, 3.05) is 25.0 Å². The Morgan fingerprint density at radius 1 is 0.536 bits per heavy atom. The van der Waals surface area contributed by atoms with Crippen molar-refractivity contribution in [3.05, 3.63) is 35.0 Å². The molecule has 0 fully saturated rings. The van der Waals surface area contributed by atoms with Gasteiger partial charge in [0, 0.05) is 29.3 Å². The summed E-state index contributed by atoms with van der Waals surface area (Å²) in [7, 11) is 0. The van der Waals surface area contributed by atoms with E-state index in [0.717, 1.165) is 0 Å². The second-order valence-corrected chi connectivity index (χ2v) is 13.0. The van der Waals surface area contributed by atoms with Gasteiger partial charge in [-0.1, -0.05) is 0 Å². The Labute approximate surface area is 199 Å². The smallest absolute Gasteiger partial charge is 0.0596 e. The van der Waals surface area contributed by atoms with Crippen LogP contribution in [0.1, 0.15) is 0 Å². The van der Waals surface area contributed by atoms with Gasteiger partial charge in [0.05, 0.1) is 19.5 Å². The van der Waals surface area contributed by atoms with E-state index in [9.17, 15) is 0 Å². The molecule has 0 aliphatic rings. The van der Waals surface area contributed by atoms with E-state index in [2.05, 4.69) is 60.0 Å². The minimum Gasteiger partial charge on any atom is -0.142 e. The van der Waals surface area contributed by atoms with Crippen LogP contribution in [0.2, 0.25) is 0 Å². The normalized spacial score (nSPS) is 11.4. The number of rotatable bonds is 7. The molecule has 0 radical (unpaired) electrons. The monoisotopic (exact) mass is 514 g/mol. The molecule has 0 bridgehead atoms. The summed E-state index contributed by atoms with van der Waals surface area (Å²) in [5.74, 6) is 0. The second-order valence-electron chi connectivity index (χ2n) is 5.65. The predicted octanol–water partition coefficient (Wildman–Crippen LogP) is 9.82. The SMILES string of the molecule is CSc1ccsc1-c1cc(SC)c(-c2sc(-c3sccc3SC)cc2SC)s1. The Hall–Kier alpha value is 0.200. The maximum absolute atomic E-state index is 2.39.